The second kappa shape index (κ2) is 8.01. The van der Waals surface area contributed by atoms with Gasteiger partial charge in [0, 0.05) is 38.8 Å². The van der Waals surface area contributed by atoms with Gasteiger partial charge in [-0.3, -0.25) is 4.79 Å². The van der Waals surface area contributed by atoms with Crippen LogP contribution in [0.2, 0.25) is 0 Å². The predicted octanol–water partition coefficient (Wildman–Crippen LogP) is 1.30. The Morgan fingerprint density at radius 2 is 1.88 bits per heavy atom. The van der Waals surface area contributed by atoms with Gasteiger partial charge in [-0.2, -0.15) is 5.10 Å². The number of carbonyl (C=O) groups excluding carboxylic acids is 1. The molecule has 26 heavy (non-hydrogen) atoms. The lowest BCUT2D eigenvalue weighted by Gasteiger charge is -2.21. The van der Waals surface area contributed by atoms with Gasteiger partial charge in [0.25, 0.3) is 0 Å². The van der Waals surface area contributed by atoms with Crippen LogP contribution < -0.4 is 0 Å². The van der Waals surface area contributed by atoms with Crippen LogP contribution in [0.15, 0.2) is 42.7 Å². The summed E-state index contributed by atoms with van der Waals surface area (Å²) in [6.07, 6.45) is 6.64. The van der Waals surface area contributed by atoms with Gasteiger partial charge < -0.3 is 4.90 Å². The van der Waals surface area contributed by atoms with Gasteiger partial charge in [-0.05, 0) is 30.5 Å². The summed E-state index contributed by atoms with van der Waals surface area (Å²) in [7, 11) is -3.19. The first-order chi connectivity index (χ1) is 12.4. The van der Waals surface area contributed by atoms with Crippen molar-refractivity contribution in [2.45, 2.75) is 19.3 Å². The van der Waals surface area contributed by atoms with Crippen LogP contribution >= 0.6 is 0 Å². The van der Waals surface area contributed by atoms with E-state index in [1.54, 1.807) is 15.8 Å². The third kappa shape index (κ3) is 4.70. The van der Waals surface area contributed by atoms with E-state index >= 15 is 0 Å². The van der Waals surface area contributed by atoms with Gasteiger partial charge >= 0.3 is 0 Å². The normalized spacial score (nSPS) is 16.4. The lowest BCUT2D eigenvalue weighted by atomic mass is 10.2. The number of sulfonamides is 1. The Kier molecular flexibility index (Phi) is 5.73. The minimum Gasteiger partial charge on any atom is -0.341 e. The van der Waals surface area contributed by atoms with E-state index in [1.165, 1.54) is 10.6 Å². The largest absolute Gasteiger partial charge is 0.341 e. The number of benzene rings is 1. The molecule has 0 atom stereocenters. The summed E-state index contributed by atoms with van der Waals surface area (Å²) in [5.74, 6) is 0.0628. The van der Waals surface area contributed by atoms with Crippen LogP contribution in [-0.4, -0.2) is 65.7 Å². The summed E-state index contributed by atoms with van der Waals surface area (Å²) in [6.45, 7) is 1.91. The number of amides is 1. The summed E-state index contributed by atoms with van der Waals surface area (Å²) in [6, 6.07) is 9.83. The van der Waals surface area contributed by atoms with Crippen molar-refractivity contribution in [2.24, 2.45) is 0 Å². The standard InChI is InChI=1S/C18H24N4O3S/c1-26(24,25)21-11-5-10-20(12-13-21)18(23)9-8-16-14-19-22(15-16)17-6-3-2-4-7-17/h2-4,6-7,14-15H,5,8-13H2,1H3. The smallest absolute Gasteiger partial charge is 0.222 e. The van der Waals surface area contributed by atoms with E-state index in [9.17, 15) is 13.2 Å². The molecule has 0 saturated carbocycles. The highest BCUT2D eigenvalue weighted by Crippen LogP contribution is 2.12. The molecule has 140 valence electrons. The number of hydrogen-bond acceptors (Lipinski definition) is 4. The first kappa shape index (κ1) is 18.6. The van der Waals surface area contributed by atoms with Crippen LogP contribution in [-0.2, 0) is 21.2 Å². The molecule has 0 unspecified atom stereocenters. The quantitative estimate of drug-likeness (QED) is 0.788. The van der Waals surface area contributed by atoms with Gasteiger partial charge in [0.1, 0.15) is 0 Å². The maximum Gasteiger partial charge on any atom is 0.222 e. The third-order valence-electron chi connectivity index (χ3n) is 4.56. The van der Waals surface area contributed by atoms with E-state index in [2.05, 4.69) is 5.10 Å². The molecule has 1 aliphatic rings. The maximum absolute atomic E-state index is 12.5. The highest BCUT2D eigenvalue weighted by molar-refractivity contribution is 7.88. The molecule has 0 N–H and O–H groups in total. The van der Waals surface area contributed by atoms with Crippen LogP contribution in [0.25, 0.3) is 5.69 Å². The van der Waals surface area contributed by atoms with Gasteiger partial charge in [0.05, 0.1) is 18.1 Å². The van der Waals surface area contributed by atoms with Gasteiger partial charge in [-0.15, -0.1) is 0 Å². The summed E-state index contributed by atoms with van der Waals surface area (Å²) in [5, 5.41) is 4.35. The fraction of sp³-hybridized carbons (Fsp3) is 0.444. The number of carbonyl (C=O) groups is 1. The minimum absolute atomic E-state index is 0.0628. The first-order valence-electron chi connectivity index (χ1n) is 8.75. The van der Waals surface area contributed by atoms with E-state index in [4.69, 9.17) is 0 Å². The highest BCUT2D eigenvalue weighted by atomic mass is 32.2. The molecular formula is C18H24N4O3S. The number of aryl methyl sites for hydroxylation is 1. The number of hydrogen-bond donors (Lipinski definition) is 0. The molecule has 1 aliphatic heterocycles. The van der Waals surface area contributed by atoms with Gasteiger partial charge in [0.2, 0.25) is 15.9 Å². The van der Waals surface area contributed by atoms with Crippen LogP contribution in [0.4, 0.5) is 0 Å². The summed E-state index contributed by atoms with van der Waals surface area (Å²) in [4.78, 5) is 14.3. The molecule has 2 aromatic rings. The lowest BCUT2D eigenvalue weighted by Crippen LogP contribution is -2.37. The number of rotatable bonds is 5. The lowest BCUT2D eigenvalue weighted by molar-refractivity contribution is -0.131. The van der Waals surface area contributed by atoms with Crippen molar-refractivity contribution in [1.29, 1.82) is 0 Å². The second-order valence-electron chi connectivity index (χ2n) is 6.53. The van der Waals surface area contributed by atoms with E-state index in [0.29, 0.717) is 45.4 Å². The van der Waals surface area contributed by atoms with Gasteiger partial charge in [-0.25, -0.2) is 17.4 Å². The van der Waals surface area contributed by atoms with Crippen molar-refractivity contribution in [3.63, 3.8) is 0 Å². The van der Waals surface area contributed by atoms with Crippen molar-refractivity contribution in [3.05, 3.63) is 48.3 Å². The molecule has 1 saturated heterocycles. The molecule has 0 aliphatic carbocycles. The van der Waals surface area contributed by atoms with Crippen LogP contribution in [0.1, 0.15) is 18.4 Å². The Balaban J connectivity index is 1.54. The SMILES string of the molecule is CS(=O)(=O)N1CCCN(C(=O)CCc2cnn(-c3ccccc3)c2)CC1. The maximum atomic E-state index is 12.5. The fourth-order valence-corrected chi connectivity index (χ4v) is 3.97. The molecule has 0 spiro atoms. The third-order valence-corrected chi connectivity index (χ3v) is 5.86. The molecular weight excluding hydrogens is 352 g/mol. The topological polar surface area (TPSA) is 75.5 Å². The fourth-order valence-electron chi connectivity index (χ4n) is 3.10. The zero-order valence-corrected chi connectivity index (χ0v) is 15.7. The number of para-hydroxylation sites is 1. The van der Waals surface area contributed by atoms with E-state index in [-0.39, 0.29) is 5.91 Å². The Bertz CT molecular complexity index is 848. The monoisotopic (exact) mass is 376 g/mol. The zero-order chi connectivity index (χ0) is 18.6. The summed E-state index contributed by atoms with van der Waals surface area (Å²) in [5.41, 5.74) is 1.99. The average molecular weight is 376 g/mol. The van der Waals surface area contributed by atoms with Crippen molar-refractivity contribution >= 4 is 15.9 Å². The molecule has 2 heterocycles. The van der Waals surface area contributed by atoms with E-state index < -0.39 is 10.0 Å². The predicted molar refractivity (Wildman–Crippen MR) is 99.5 cm³/mol. The first-order valence-corrected chi connectivity index (χ1v) is 10.6. The molecule has 0 radical (unpaired) electrons. The molecule has 1 fully saturated rings. The summed E-state index contributed by atoms with van der Waals surface area (Å²) < 4.78 is 26.6. The van der Waals surface area contributed by atoms with E-state index in [0.717, 1.165) is 11.3 Å². The van der Waals surface area contributed by atoms with E-state index in [1.807, 2.05) is 36.5 Å². The molecule has 8 heteroatoms. The van der Waals surface area contributed by atoms with Gasteiger partial charge in [0.15, 0.2) is 0 Å². The molecule has 1 amide bonds. The Hall–Kier alpha value is -2.19. The Morgan fingerprint density at radius 3 is 2.62 bits per heavy atom. The van der Waals surface area contributed by atoms with Gasteiger partial charge in [-0.1, -0.05) is 18.2 Å². The molecule has 3 rings (SSSR count). The van der Waals surface area contributed by atoms with Crippen LogP contribution in [0.3, 0.4) is 0 Å². The molecule has 7 nitrogen and oxygen atoms in total. The second-order valence-corrected chi connectivity index (χ2v) is 8.51. The van der Waals surface area contributed by atoms with Crippen molar-refractivity contribution in [1.82, 2.24) is 19.0 Å². The Labute approximate surface area is 154 Å². The van der Waals surface area contributed by atoms with Crippen molar-refractivity contribution in [3.8, 4) is 5.69 Å². The number of aromatic nitrogens is 2. The number of nitrogens with zero attached hydrogens (tertiary/aromatic N) is 4. The zero-order valence-electron chi connectivity index (χ0n) is 14.9. The van der Waals surface area contributed by atoms with Crippen LogP contribution in [0, 0.1) is 0 Å². The summed E-state index contributed by atoms with van der Waals surface area (Å²) >= 11 is 0. The molecule has 1 aromatic carbocycles. The minimum atomic E-state index is -3.19. The van der Waals surface area contributed by atoms with Crippen molar-refractivity contribution < 1.29 is 13.2 Å². The molecule has 0 bridgehead atoms. The average Bonchev–Trinajstić information content (AvgIpc) is 2.94. The van der Waals surface area contributed by atoms with Crippen LogP contribution in [0.5, 0.6) is 0 Å². The Morgan fingerprint density at radius 1 is 1.12 bits per heavy atom. The molecule has 1 aromatic heterocycles. The van der Waals surface area contributed by atoms with Crippen molar-refractivity contribution in [2.75, 3.05) is 32.4 Å². The highest BCUT2D eigenvalue weighted by Gasteiger charge is 2.23.